The fraction of sp³-hybridized carbons (Fsp3) is 0.474. The highest BCUT2D eigenvalue weighted by Gasteiger charge is 2.39. The van der Waals surface area contributed by atoms with Gasteiger partial charge in [0.05, 0.1) is 27.4 Å². The molecule has 1 N–H and O–H groups in total. The van der Waals surface area contributed by atoms with Crippen molar-refractivity contribution in [2.24, 2.45) is 0 Å². The van der Waals surface area contributed by atoms with Gasteiger partial charge in [-0.1, -0.05) is 0 Å². The van der Waals surface area contributed by atoms with Gasteiger partial charge in [0.15, 0.2) is 11.5 Å². The number of nitrogens with zero attached hydrogens (tertiary/aromatic N) is 1. The van der Waals surface area contributed by atoms with Crippen molar-refractivity contribution < 1.29 is 23.8 Å². The zero-order valence-electron chi connectivity index (χ0n) is 15.3. The third-order valence-corrected chi connectivity index (χ3v) is 4.61. The Morgan fingerprint density at radius 3 is 2.35 bits per heavy atom. The molecule has 2 fully saturated rings. The number of carbonyl (C=O) groups is 2. The van der Waals surface area contributed by atoms with E-state index in [1.165, 1.54) is 13.2 Å². The van der Waals surface area contributed by atoms with Gasteiger partial charge >= 0.3 is 0 Å². The lowest BCUT2D eigenvalue weighted by Gasteiger charge is -2.15. The van der Waals surface area contributed by atoms with Gasteiger partial charge in [-0.15, -0.1) is 0 Å². The largest absolute Gasteiger partial charge is 0.493 e. The van der Waals surface area contributed by atoms with Crippen molar-refractivity contribution >= 4 is 17.9 Å². The topological polar surface area (TPSA) is 77.1 Å². The van der Waals surface area contributed by atoms with E-state index >= 15 is 0 Å². The van der Waals surface area contributed by atoms with Crippen molar-refractivity contribution in [2.75, 3.05) is 27.9 Å². The van der Waals surface area contributed by atoms with Crippen LogP contribution in [-0.4, -0.2) is 56.7 Å². The molecule has 0 radical (unpaired) electrons. The summed E-state index contributed by atoms with van der Waals surface area (Å²) in [5, 5.41) is 2.90. The van der Waals surface area contributed by atoms with Gasteiger partial charge in [0, 0.05) is 25.1 Å². The zero-order chi connectivity index (χ0) is 18.7. The van der Waals surface area contributed by atoms with Gasteiger partial charge in [-0.3, -0.25) is 9.59 Å². The van der Waals surface area contributed by atoms with E-state index in [1.54, 1.807) is 32.4 Å². The maximum Gasteiger partial charge on any atom is 0.244 e. The van der Waals surface area contributed by atoms with Crippen LogP contribution >= 0.6 is 0 Å². The number of hydrogen-bond donors (Lipinski definition) is 1. The molecule has 3 rings (SSSR count). The molecule has 0 unspecified atom stereocenters. The van der Waals surface area contributed by atoms with Crippen LogP contribution in [0.15, 0.2) is 18.2 Å². The van der Waals surface area contributed by atoms with Crippen LogP contribution in [-0.2, 0) is 9.59 Å². The number of likely N-dealkylation sites (tertiary alicyclic amines) is 1. The molecule has 1 aromatic rings. The monoisotopic (exact) mass is 360 g/mol. The molecule has 0 spiro atoms. The molecular formula is C19H24N2O5. The van der Waals surface area contributed by atoms with E-state index < -0.39 is 0 Å². The summed E-state index contributed by atoms with van der Waals surface area (Å²) in [6.45, 7) is 0.604. The smallest absolute Gasteiger partial charge is 0.244 e. The Balaban J connectivity index is 1.64. The number of carbonyl (C=O) groups excluding carboxylic acids is 2. The van der Waals surface area contributed by atoms with E-state index in [-0.39, 0.29) is 17.9 Å². The van der Waals surface area contributed by atoms with Crippen molar-refractivity contribution in [1.29, 1.82) is 0 Å². The second-order valence-corrected chi connectivity index (χ2v) is 6.48. The second-order valence-electron chi connectivity index (χ2n) is 6.48. The minimum Gasteiger partial charge on any atom is -0.493 e. The molecule has 1 aliphatic heterocycles. The first kappa shape index (κ1) is 18.1. The lowest BCUT2D eigenvalue weighted by Crippen LogP contribution is -2.36. The van der Waals surface area contributed by atoms with Gasteiger partial charge in [0.25, 0.3) is 0 Å². The highest BCUT2D eigenvalue weighted by molar-refractivity contribution is 5.93. The third kappa shape index (κ3) is 3.92. The van der Waals surface area contributed by atoms with Crippen LogP contribution in [0.4, 0.5) is 0 Å². The standard InChI is InChI=1S/C19H24N2O5/c1-24-15-8-12(9-16(25-2)19(15)26-3)4-7-17(22)20-13-10-18(23)21(11-13)14-5-6-14/h4,7-9,13-14H,5-6,10-11H2,1-3H3,(H,20,22)/b7-4+/t13-/m0/s1. The normalized spacial score (nSPS) is 19.7. The van der Waals surface area contributed by atoms with E-state index in [4.69, 9.17) is 14.2 Å². The van der Waals surface area contributed by atoms with Crippen molar-refractivity contribution in [3.8, 4) is 17.2 Å². The Labute approximate surface area is 152 Å². The van der Waals surface area contributed by atoms with E-state index in [9.17, 15) is 9.59 Å². The zero-order valence-corrected chi connectivity index (χ0v) is 15.3. The SMILES string of the molecule is COc1cc(/C=C/C(=O)N[C@H]2CC(=O)N(C3CC3)C2)cc(OC)c1OC. The van der Waals surface area contributed by atoms with Crippen LogP contribution in [0.25, 0.3) is 6.08 Å². The molecule has 2 aliphatic rings. The predicted octanol–water partition coefficient (Wildman–Crippen LogP) is 1.61. The summed E-state index contributed by atoms with van der Waals surface area (Å²) in [5.41, 5.74) is 0.747. The molecule has 1 aromatic carbocycles. The maximum atomic E-state index is 12.2. The van der Waals surface area contributed by atoms with Crippen LogP contribution in [0.1, 0.15) is 24.8 Å². The molecule has 0 aromatic heterocycles. The van der Waals surface area contributed by atoms with E-state index in [2.05, 4.69) is 5.32 Å². The van der Waals surface area contributed by atoms with Crippen molar-refractivity contribution in [3.05, 3.63) is 23.8 Å². The maximum absolute atomic E-state index is 12.2. The average molecular weight is 360 g/mol. The summed E-state index contributed by atoms with van der Waals surface area (Å²) < 4.78 is 15.9. The number of ether oxygens (including phenoxy) is 3. The van der Waals surface area contributed by atoms with Crippen molar-refractivity contribution in [1.82, 2.24) is 10.2 Å². The van der Waals surface area contributed by atoms with Crippen LogP contribution in [0.3, 0.4) is 0 Å². The van der Waals surface area contributed by atoms with Gasteiger partial charge in [-0.25, -0.2) is 0 Å². The van der Waals surface area contributed by atoms with E-state index in [0.29, 0.717) is 36.3 Å². The van der Waals surface area contributed by atoms with Gasteiger partial charge in [0.2, 0.25) is 17.6 Å². The van der Waals surface area contributed by atoms with Gasteiger partial charge < -0.3 is 24.4 Å². The van der Waals surface area contributed by atoms with Crippen molar-refractivity contribution in [2.45, 2.75) is 31.3 Å². The molecule has 1 saturated heterocycles. The van der Waals surface area contributed by atoms with Gasteiger partial charge in [-0.05, 0) is 36.6 Å². The molecular weight excluding hydrogens is 336 g/mol. The van der Waals surface area contributed by atoms with Crippen LogP contribution in [0.2, 0.25) is 0 Å². The Bertz CT molecular complexity index is 702. The van der Waals surface area contributed by atoms with Crippen LogP contribution in [0.5, 0.6) is 17.2 Å². The van der Waals surface area contributed by atoms with Crippen molar-refractivity contribution in [3.63, 3.8) is 0 Å². The summed E-state index contributed by atoms with van der Waals surface area (Å²) in [4.78, 5) is 26.0. The quantitative estimate of drug-likeness (QED) is 0.748. The van der Waals surface area contributed by atoms with Gasteiger partial charge in [0.1, 0.15) is 0 Å². The number of rotatable bonds is 7. The highest BCUT2D eigenvalue weighted by atomic mass is 16.5. The first-order chi connectivity index (χ1) is 12.5. The minimum absolute atomic E-state index is 0.125. The van der Waals surface area contributed by atoms with E-state index in [1.807, 2.05) is 4.90 Å². The van der Waals surface area contributed by atoms with Crippen LogP contribution < -0.4 is 19.5 Å². The Morgan fingerprint density at radius 2 is 1.81 bits per heavy atom. The number of methoxy groups -OCH3 is 3. The Morgan fingerprint density at radius 1 is 1.15 bits per heavy atom. The average Bonchev–Trinajstić information content (AvgIpc) is 3.42. The molecule has 7 nitrogen and oxygen atoms in total. The summed E-state index contributed by atoms with van der Waals surface area (Å²) >= 11 is 0. The number of nitrogens with one attached hydrogen (secondary N) is 1. The molecule has 26 heavy (non-hydrogen) atoms. The number of hydrogen-bond acceptors (Lipinski definition) is 5. The predicted molar refractivity (Wildman–Crippen MR) is 96.4 cm³/mol. The molecule has 1 heterocycles. The summed E-state index contributed by atoms with van der Waals surface area (Å²) in [5.74, 6) is 1.45. The fourth-order valence-corrected chi connectivity index (χ4v) is 3.19. The minimum atomic E-state index is -0.228. The second kappa shape index (κ2) is 7.68. The highest BCUT2D eigenvalue weighted by Crippen LogP contribution is 2.38. The first-order valence-corrected chi connectivity index (χ1v) is 8.63. The number of amides is 2. The van der Waals surface area contributed by atoms with Gasteiger partial charge in [-0.2, -0.15) is 0 Å². The molecule has 1 saturated carbocycles. The first-order valence-electron chi connectivity index (χ1n) is 8.63. The fourth-order valence-electron chi connectivity index (χ4n) is 3.19. The molecule has 7 heteroatoms. The lowest BCUT2D eigenvalue weighted by atomic mass is 10.1. The summed E-state index contributed by atoms with van der Waals surface area (Å²) in [7, 11) is 4.62. The lowest BCUT2D eigenvalue weighted by molar-refractivity contribution is -0.128. The summed E-state index contributed by atoms with van der Waals surface area (Å²) in [6.07, 6.45) is 5.65. The number of benzene rings is 1. The molecule has 140 valence electrons. The molecule has 1 atom stereocenters. The van der Waals surface area contributed by atoms with E-state index in [0.717, 1.165) is 18.4 Å². The molecule has 2 amide bonds. The molecule has 1 aliphatic carbocycles. The summed E-state index contributed by atoms with van der Waals surface area (Å²) in [6, 6.07) is 3.79. The third-order valence-electron chi connectivity index (χ3n) is 4.61. The Hall–Kier alpha value is -2.70. The Kier molecular flexibility index (Phi) is 5.35. The van der Waals surface area contributed by atoms with Crippen LogP contribution in [0, 0.1) is 0 Å². The molecule has 0 bridgehead atoms.